The average molecular weight is 306 g/mol. The van der Waals surface area contributed by atoms with Crippen LogP contribution in [0.15, 0.2) is 24.3 Å². The molecular weight excluding hydrogens is 286 g/mol. The van der Waals surface area contributed by atoms with Crippen molar-refractivity contribution < 1.29 is 4.79 Å². The van der Waals surface area contributed by atoms with Crippen LogP contribution in [0, 0.1) is 17.2 Å². The van der Waals surface area contributed by atoms with E-state index in [0.717, 1.165) is 5.56 Å². The van der Waals surface area contributed by atoms with Crippen LogP contribution >= 0.6 is 11.6 Å². The highest BCUT2D eigenvalue weighted by Crippen LogP contribution is 2.36. The van der Waals surface area contributed by atoms with Crippen LogP contribution in [-0.2, 0) is 4.79 Å². The van der Waals surface area contributed by atoms with E-state index in [4.69, 9.17) is 16.9 Å². The molecule has 0 bridgehead atoms. The van der Waals surface area contributed by atoms with E-state index < -0.39 is 0 Å². The van der Waals surface area contributed by atoms with Crippen LogP contribution in [0.4, 0.5) is 0 Å². The van der Waals surface area contributed by atoms with Gasteiger partial charge in [0.15, 0.2) is 0 Å². The number of hydrogen-bond donors (Lipinski definition) is 2. The molecule has 0 unspecified atom stereocenters. The molecule has 0 saturated heterocycles. The molecule has 4 nitrogen and oxygen atoms in total. The van der Waals surface area contributed by atoms with E-state index in [1.807, 2.05) is 24.3 Å². The molecule has 0 aromatic heterocycles. The standard InChI is InChI=1S/C16H20ClN3O/c17-14-7-3-6-13(10-14)16(12-4-1-2-5-12)20-11-15(21)19-9-8-18/h3,6-7,10,12,16,20H,1-2,4-5,9,11H2,(H,19,21)/t16-/m0/s1. The predicted molar refractivity (Wildman–Crippen MR) is 82.8 cm³/mol. The van der Waals surface area contributed by atoms with Crippen LogP contribution in [0.25, 0.3) is 0 Å². The summed E-state index contributed by atoms with van der Waals surface area (Å²) in [5.41, 5.74) is 1.13. The third-order valence-electron chi connectivity index (χ3n) is 3.93. The lowest BCUT2D eigenvalue weighted by Crippen LogP contribution is -2.37. The summed E-state index contributed by atoms with van der Waals surface area (Å²) in [6.07, 6.45) is 4.82. The number of carbonyl (C=O) groups excluding carboxylic acids is 1. The molecule has 0 heterocycles. The Morgan fingerprint density at radius 1 is 1.43 bits per heavy atom. The number of amides is 1. The van der Waals surface area contributed by atoms with Crippen molar-refractivity contribution in [3.05, 3.63) is 34.9 Å². The number of nitriles is 1. The molecule has 5 heteroatoms. The van der Waals surface area contributed by atoms with Gasteiger partial charge in [0.2, 0.25) is 5.91 Å². The fourth-order valence-electron chi connectivity index (χ4n) is 2.95. The topological polar surface area (TPSA) is 64.9 Å². The molecule has 1 aliphatic carbocycles. The SMILES string of the molecule is N#CCNC(=O)CN[C@H](c1cccc(Cl)c1)C1CCCC1. The largest absolute Gasteiger partial charge is 0.342 e. The number of carbonyl (C=O) groups is 1. The first-order valence-electron chi connectivity index (χ1n) is 7.33. The molecule has 2 rings (SSSR count). The monoisotopic (exact) mass is 305 g/mol. The molecule has 0 radical (unpaired) electrons. The molecule has 2 N–H and O–H groups in total. The smallest absolute Gasteiger partial charge is 0.234 e. The fourth-order valence-corrected chi connectivity index (χ4v) is 3.15. The second kappa shape index (κ2) is 8.02. The van der Waals surface area contributed by atoms with Crippen LogP contribution in [0.5, 0.6) is 0 Å². The number of rotatable bonds is 6. The quantitative estimate of drug-likeness (QED) is 0.794. The summed E-state index contributed by atoms with van der Waals surface area (Å²) in [6, 6.07) is 9.85. The summed E-state index contributed by atoms with van der Waals surface area (Å²) in [4.78, 5) is 11.7. The van der Waals surface area contributed by atoms with E-state index in [-0.39, 0.29) is 25.0 Å². The summed E-state index contributed by atoms with van der Waals surface area (Å²) in [5.74, 6) is 0.383. The van der Waals surface area contributed by atoms with Gasteiger partial charge in [-0.3, -0.25) is 4.79 Å². The van der Waals surface area contributed by atoms with Crippen molar-refractivity contribution in [2.75, 3.05) is 13.1 Å². The lowest BCUT2D eigenvalue weighted by Gasteiger charge is -2.25. The van der Waals surface area contributed by atoms with Crippen LogP contribution in [0.1, 0.15) is 37.3 Å². The van der Waals surface area contributed by atoms with Crippen molar-refractivity contribution in [3.63, 3.8) is 0 Å². The molecule has 112 valence electrons. The first-order chi connectivity index (χ1) is 10.2. The van der Waals surface area contributed by atoms with E-state index in [1.165, 1.54) is 25.7 Å². The van der Waals surface area contributed by atoms with Gasteiger partial charge in [0, 0.05) is 11.1 Å². The van der Waals surface area contributed by atoms with Gasteiger partial charge in [-0.15, -0.1) is 0 Å². The maximum Gasteiger partial charge on any atom is 0.234 e. The van der Waals surface area contributed by atoms with Gasteiger partial charge in [-0.1, -0.05) is 36.6 Å². The number of nitrogens with one attached hydrogen (secondary N) is 2. The number of halogens is 1. The zero-order valence-electron chi connectivity index (χ0n) is 11.9. The lowest BCUT2D eigenvalue weighted by molar-refractivity contribution is -0.120. The Kier molecular flexibility index (Phi) is 6.04. The Morgan fingerprint density at radius 3 is 2.86 bits per heavy atom. The second-order valence-corrected chi connectivity index (χ2v) is 5.83. The van der Waals surface area contributed by atoms with E-state index in [9.17, 15) is 4.79 Å². The first kappa shape index (κ1) is 15.8. The van der Waals surface area contributed by atoms with Crippen molar-refractivity contribution >= 4 is 17.5 Å². The number of nitrogens with zero attached hydrogens (tertiary/aromatic N) is 1. The highest BCUT2D eigenvalue weighted by atomic mass is 35.5. The molecule has 21 heavy (non-hydrogen) atoms. The summed E-state index contributed by atoms with van der Waals surface area (Å²) in [7, 11) is 0. The number of hydrogen-bond acceptors (Lipinski definition) is 3. The molecule has 0 aliphatic heterocycles. The third kappa shape index (κ3) is 4.73. The van der Waals surface area contributed by atoms with E-state index in [2.05, 4.69) is 16.7 Å². The second-order valence-electron chi connectivity index (χ2n) is 5.39. The Labute approximate surface area is 130 Å². The molecule has 1 fully saturated rings. The van der Waals surface area contributed by atoms with Crippen LogP contribution in [0.3, 0.4) is 0 Å². The highest BCUT2D eigenvalue weighted by molar-refractivity contribution is 6.30. The van der Waals surface area contributed by atoms with Crippen molar-refractivity contribution in [1.82, 2.24) is 10.6 Å². The molecule has 1 aliphatic rings. The molecule has 1 atom stereocenters. The van der Waals surface area contributed by atoms with Crippen molar-refractivity contribution in [2.24, 2.45) is 5.92 Å². The third-order valence-corrected chi connectivity index (χ3v) is 4.16. The van der Waals surface area contributed by atoms with Gasteiger partial charge >= 0.3 is 0 Å². The van der Waals surface area contributed by atoms with Crippen LogP contribution < -0.4 is 10.6 Å². The molecule has 1 aromatic carbocycles. The molecule has 1 amide bonds. The van der Waals surface area contributed by atoms with Crippen molar-refractivity contribution in [1.29, 1.82) is 5.26 Å². The summed E-state index contributed by atoms with van der Waals surface area (Å²) in [5, 5.41) is 15.1. The average Bonchev–Trinajstić information content (AvgIpc) is 2.99. The minimum Gasteiger partial charge on any atom is -0.342 e. The molecule has 1 saturated carbocycles. The van der Waals surface area contributed by atoms with Crippen molar-refractivity contribution in [3.8, 4) is 6.07 Å². The normalized spacial score (nSPS) is 16.4. The Bertz CT molecular complexity index is 520. The van der Waals surface area contributed by atoms with Crippen molar-refractivity contribution in [2.45, 2.75) is 31.7 Å². The predicted octanol–water partition coefficient (Wildman–Crippen LogP) is 2.80. The fraction of sp³-hybridized carbons (Fsp3) is 0.500. The lowest BCUT2D eigenvalue weighted by atomic mass is 9.91. The maximum atomic E-state index is 11.7. The maximum absolute atomic E-state index is 11.7. The Morgan fingerprint density at radius 2 is 2.19 bits per heavy atom. The zero-order chi connectivity index (χ0) is 15.1. The van der Waals surface area contributed by atoms with Crippen LogP contribution in [0.2, 0.25) is 5.02 Å². The number of benzene rings is 1. The van der Waals surface area contributed by atoms with Gasteiger partial charge in [-0.2, -0.15) is 5.26 Å². The molecule has 0 spiro atoms. The zero-order valence-corrected chi connectivity index (χ0v) is 12.7. The Balaban J connectivity index is 2.02. The summed E-state index contributed by atoms with van der Waals surface area (Å²) >= 11 is 6.08. The van der Waals surface area contributed by atoms with Gasteiger partial charge in [-0.05, 0) is 36.5 Å². The minimum absolute atomic E-state index is 0.0474. The minimum atomic E-state index is -0.151. The van der Waals surface area contributed by atoms with Crippen LogP contribution in [-0.4, -0.2) is 19.0 Å². The van der Waals surface area contributed by atoms with Gasteiger partial charge in [0.25, 0.3) is 0 Å². The summed E-state index contributed by atoms with van der Waals surface area (Å²) in [6.45, 7) is 0.265. The summed E-state index contributed by atoms with van der Waals surface area (Å²) < 4.78 is 0. The highest BCUT2D eigenvalue weighted by Gasteiger charge is 2.26. The van der Waals surface area contributed by atoms with Gasteiger partial charge in [-0.25, -0.2) is 0 Å². The first-order valence-corrected chi connectivity index (χ1v) is 7.71. The van der Waals surface area contributed by atoms with E-state index in [1.54, 1.807) is 0 Å². The van der Waals surface area contributed by atoms with Gasteiger partial charge < -0.3 is 10.6 Å². The van der Waals surface area contributed by atoms with E-state index >= 15 is 0 Å². The van der Waals surface area contributed by atoms with Gasteiger partial charge in [0.05, 0.1) is 12.6 Å². The molecule has 1 aromatic rings. The van der Waals surface area contributed by atoms with Gasteiger partial charge in [0.1, 0.15) is 6.54 Å². The molecular formula is C16H20ClN3O. The Hall–Kier alpha value is -1.57. The van der Waals surface area contributed by atoms with E-state index in [0.29, 0.717) is 10.9 Å².